The average Bonchev–Trinajstić information content (AvgIpc) is 2.91. The van der Waals surface area contributed by atoms with E-state index < -0.39 is 25.0 Å². The third kappa shape index (κ3) is 8.40. The first-order valence-electron chi connectivity index (χ1n) is 13.5. The molecule has 3 unspecified atom stereocenters. The number of benzene rings is 1. The molecule has 212 valence electrons. The summed E-state index contributed by atoms with van der Waals surface area (Å²) >= 11 is 6.27. The molecule has 6 nitrogen and oxygen atoms in total. The maximum Gasteiger partial charge on any atom is 0.224 e. The number of aromatic nitrogens is 2. The first-order chi connectivity index (χ1) is 18.8. The van der Waals surface area contributed by atoms with E-state index in [0.29, 0.717) is 48.5 Å². The SMILES string of the molecule is C=CCc1c(CCC(=O)C2CCCCOCC2)nc(Cl)nc1NC(CF)c1cccc(C(F)(CO)CC=C)c1. The second kappa shape index (κ2) is 15.2. The number of allylic oxidation sites excluding steroid dienone is 2. The first-order valence-corrected chi connectivity index (χ1v) is 13.8. The number of carbonyl (C=O) groups excluding carboxylic acids is 1. The Morgan fingerprint density at radius 1 is 1.26 bits per heavy atom. The second-order valence-corrected chi connectivity index (χ2v) is 10.3. The monoisotopic (exact) mass is 561 g/mol. The highest BCUT2D eigenvalue weighted by molar-refractivity contribution is 6.28. The van der Waals surface area contributed by atoms with Gasteiger partial charge in [0, 0.05) is 37.5 Å². The Kier molecular flexibility index (Phi) is 12.0. The zero-order valence-electron chi connectivity index (χ0n) is 22.3. The van der Waals surface area contributed by atoms with Crippen LogP contribution in [0, 0.1) is 5.92 Å². The highest BCUT2D eigenvalue weighted by Gasteiger charge is 2.31. The number of ketones is 1. The van der Waals surface area contributed by atoms with E-state index in [1.807, 2.05) is 0 Å². The second-order valence-electron chi connectivity index (χ2n) is 9.91. The van der Waals surface area contributed by atoms with Gasteiger partial charge in [-0.15, -0.1) is 13.2 Å². The predicted molar refractivity (Wildman–Crippen MR) is 151 cm³/mol. The average molecular weight is 562 g/mol. The van der Waals surface area contributed by atoms with Gasteiger partial charge in [-0.2, -0.15) is 0 Å². The molecule has 1 aliphatic rings. The lowest BCUT2D eigenvalue weighted by Crippen LogP contribution is -2.25. The number of ether oxygens (including phenoxy) is 1. The van der Waals surface area contributed by atoms with E-state index in [-0.39, 0.29) is 29.0 Å². The normalized spacial score (nSPS) is 18.3. The molecule has 2 aromatic rings. The summed E-state index contributed by atoms with van der Waals surface area (Å²) in [7, 11) is 0. The summed E-state index contributed by atoms with van der Waals surface area (Å²) in [6.45, 7) is 7.20. The summed E-state index contributed by atoms with van der Waals surface area (Å²) in [6, 6.07) is 5.53. The Morgan fingerprint density at radius 2 is 2.08 bits per heavy atom. The largest absolute Gasteiger partial charge is 0.393 e. The van der Waals surface area contributed by atoms with Gasteiger partial charge in [-0.05, 0) is 54.8 Å². The summed E-state index contributed by atoms with van der Waals surface area (Å²) < 4.78 is 35.2. The van der Waals surface area contributed by atoms with Crippen LogP contribution >= 0.6 is 11.6 Å². The number of aliphatic hydroxyl groups excluding tert-OH is 1. The number of aryl methyl sites for hydroxylation is 1. The highest BCUT2D eigenvalue weighted by atomic mass is 35.5. The molecule has 1 aromatic heterocycles. The van der Waals surface area contributed by atoms with E-state index in [1.54, 1.807) is 24.3 Å². The minimum atomic E-state index is -2.02. The first kappa shape index (κ1) is 30.9. The Bertz CT molecular complexity index is 1120. The molecular weight excluding hydrogens is 524 g/mol. The van der Waals surface area contributed by atoms with Gasteiger partial charge in [0.15, 0.2) is 5.67 Å². The number of hydrogen-bond acceptors (Lipinski definition) is 6. The van der Waals surface area contributed by atoms with E-state index in [1.165, 1.54) is 12.1 Å². The van der Waals surface area contributed by atoms with Crippen molar-refractivity contribution in [2.45, 2.75) is 63.1 Å². The minimum absolute atomic E-state index is 0.0208. The number of nitrogens with zero attached hydrogens (tertiary/aromatic N) is 2. The molecule has 0 spiro atoms. The van der Waals surface area contributed by atoms with Gasteiger partial charge < -0.3 is 15.2 Å². The number of aliphatic hydroxyl groups is 1. The number of nitrogens with one attached hydrogen (secondary N) is 1. The molecule has 0 radical (unpaired) electrons. The van der Waals surface area contributed by atoms with Crippen molar-refractivity contribution in [1.29, 1.82) is 0 Å². The lowest BCUT2D eigenvalue weighted by atomic mass is 9.90. The van der Waals surface area contributed by atoms with Crippen molar-refractivity contribution in [2.24, 2.45) is 5.92 Å². The van der Waals surface area contributed by atoms with Crippen molar-refractivity contribution in [2.75, 3.05) is 31.8 Å². The number of hydrogen-bond donors (Lipinski definition) is 2. The molecule has 1 aromatic carbocycles. The fourth-order valence-corrected chi connectivity index (χ4v) is 5.12. The highest BCUT2D eigenvalue weighted by Crippen LogP contribution is 2.33. The van der Waals surface area contributed by atoms with Crippen LogP contribution in [0.3, 0.4) is 0 Å². The van der Waals surface area contributed by atoms with Gasteiger partial charge in [0.25, 0.3) is 0 Å². The number of Topliss-reactive ketones (excluding diaryl/α,β-unsaturated/α-hetero) is 1. The van der Waals surface area contributed by atoms with Gasteiger partial charge >= 0.3 is 0 Å². The van der Waals surface area contributed by atoms with Crippen LogP contribution in [0.2, 0.25) is 5.28 Å². The molecule has 3 rings (SSSR count). The quantitative estimate of drug-likeness (QED) is 0.204. The Labute approximate surface area is 234 Å². The van der Waals surface area contributed by atoms with E-state index in [0.717, 1.165) is 32.3 Å². The predicted octanol–water partition coefficient (Wildman–Crippen LogP) is 6.42. The van der Waals surface area contributed by atoms with Gasteiger partial charge in [-0.25, -0.2) is 18.7 Å². The van der Waals surface area contributed by atoms with Crippen LogP contribution in [-0.2, 0) is 28.0 Å². The van der Waals surface area contributed by atoms with E-state index in [2.05, 4.69) is 28.4 Å². The zero-order chi connectivity index (χ0) is 28.3. The molecule has 0 bridgehead atoms. The molecule has 0 aliphatic carbocycles. The fraction of sp³-hybridized carbons (Fsp3) is 0.500. The molecule has 1 aliphatic heterocycles. The summed E-state index contributed by atoms with van der Waals surface area (Å²) in [4.78, 5) is 21.7. The molecular formula is C30H38ClF2N3O3. The van der Waals surface area contributed by atoms with Crippen LogP contribution in [0.25, 0.3) is 0 Å². The maximum atomic E-state index is 15.3. The number of alkyl halides is 2. The van der Waals surface area contributed by atoms with Crippen molar-refractivity contribution in [3.63, 3.8) is 0 Å². The summed E-state index contributed by atoms with van der Waals surface area (Å²) in [5, 5.41) is 12.8. The number of rotatable bonds is 14. The molecule has 2 N–H and O–H groups in total. The fourth-order valence-electron chi connectivity index (χ4n) is 4.93. The lowest BCUT2D eigenvalue weighted by Gasteiger charge is -2.25. The topological polar surface area (TPSA) is 84.3 Å². The van der Waals surface area contributed by atoms with E-state index in [9.17, 15) is 14.3 Å². The smallest absolute Gasteiger partial charge is 0.224 e. The molecule has 3 atom stereocenters. The third-order valence-corrected chi connectivity index (χ3v) is 7.34. The molecule has 0 amide bonds. The molecule has 9 heteroatoms. The van der Waals surface area contributed by atoms with Crippen LogP contribution in [0.15, 0.2) is 49.6 Å². The van der Waals surface area contributed by atoms with Crippen LogP contribution in [0.4, 0.5) is 14.6 Å². The summed E-state index contributed by atoms with van der Waals surface area (Å²) in [5.41, 5.74) is -0.0221. The van der Waals surface area contributed by atoms with E-state index in [4.69, 9.17) is 16.3 Å². The standard InChI is InChI=1S/C30H38ClF2N3O3/c1-3-8-24-25(12-13-27(38)21-9-5-6-16-39-17-14-21)35-29(31)36-28(24)34-26(19-32)22-10-7-11-23(18-22)30(33,20-37)15-4-2/h3-4,7,10-11,18,21,26,37H,1-2,5-6,8-9,12-17,19-20H2,(H,34,35,36). The Hall–Kier alpha value is -2.68. The number of halogens is 3. The zero-order valence-corrected chi connectivity index (χ0v) is 23.1. The van der Waals surface area contributed by atoms with Crippen LogP contribution in [-0.4, -0.2) is 47.4 Å². The summed E-state index contributed by atoms with van der Waals surface area (Å²) in [5.74, 6) is 0.476. The van der Waals surface area contributed by atoms with Gasteiger partial charge in [-0.1, -0.05) is 42.8 Å². The number of carbonyl (C=O) groups is 1. The van der Waals surface area contributed by atoms with Gasteiger partial charge in [0.05, 0.1) is 18.3 Å². The molecule has 1 fully saturated rings. The van der Waals surface area contributed by atoms with Crippen molar-refractivity contribution >= 4 is 23.2 Å². The Balaban J connectivity index is 1.84. The molecule has 1 saturated heterocycles. The van der Waals surface area contributed by atoms with Crippen molar-refractivity contribution in [3.8, 4) is 0 Å². The van der Waals surface area contributed by atoms with Gasteiger partial charge in [0.1, 0.15) is 18.3 Å². The van der Waals surface area contributed by atoms with Gasteiger partial charge in [-0.3, -0.25) is 4.79 Å². The Morgan fingerprint density at radius 3 is 2.79 bits per heavy atom. The van der Waals surface area contributed by atoms with Crippen LogP contribution in [0.1, 0.15) is 67.0 Å². The minimum Gasteiger partial charge on any atom is -0.393 e. The molecule has 39 heavy (non-hydrogen) atoms. The van der Waals surface area contributed by atoms with Crippen LogP contribution in [0.5, 0.6) is 0 Å². The van der Waals surface area contributed by atoms with Crippen LogP contribution < -0.4 is 5.32 Å². The maximum absolute atomic E-state index is 15.3. The van der Waals surface area contributed by atoms with Gasteiger partial charge in [0.2, 0.25) is 5.28 Å². The number of anilines is 1. The summed E-state index contributed by atoms with van der Waals surface area (Å²) in [6.07, 6.45) is 7.57. The third-order valence-electron chi connectivity index (χ3n) is 7.17. The van der Waals surface area contributed by atoms with Crippen molar-refractivity contribution in [3.05, 3.63) is 77.2 Å². The molecule has 0 saturated carbocycles. The van der Waals surface area contributed by atoms with Crippen molar-refractivity contribution < 1.29 is 23.4 Å². The lowest BCUT2D eigenvalue weighted by molar-refractivity contribution is -0.124. The molecule has 2 heterocycles. The van der Waals surface area contributed by atoms with Crippen molar-refractivity contribution in [1.82, 2.24) is 9.97 Å². The van der Waals surface area contributed by atoms with E-state index >= 15 is 4.39 Å².